The Morgan fingerprint density at radius 1 is 1.37 bits per heavy atom. The number of ether oxygens (including phenoxy) is 1. The minimum atomic E-state index is -4.24. The van der Waals surface area contributed by atoms with Crippen molar-refractivity contribution in [2.45, 2.75) is 57.3 Å². The Bertz CT molecular complexity index is 247. The number of rotatable bonds is 7. The van der Waals surface area contributed by atoms with Crippen molar-refractivity contribution >= 4 is 0 Å². The molecular formula is C13H24F3NO2. The van der Waals surface area contributed by atoms with E-state index in [1.165, 1.54) is 6.42 Å². The first-order valence-electron chi connectivity index (χ1n) is 6.95. The maximum atomic E-state index is 11.9. The molecule has 1 aliphatic heterocycles. The van der Waals surface area contributed by atoms with E-state index in [1.807, 2.05) is 0 Å². The SMILES string of the molecule is CC(O)CC1CCCCN1CCCOCC(F)(F)F. The van der Waals surface area contributed by atoms with Crippen LogP contribution in [-0.4, -0.2) is 54.6 Å². The first kappa shape index (κ1) is 16.7. The lowest BCUT2D eigenvalue weighted by molar-refractivity contribution is -0.174. The molecule has 19 heavy (non-hydrogen) atoms. The maximum Gasteiger partial charge on any atom is 0.411 e. The first-order valence-corrected chi connectivity index (χ1v) is 6.95. The number of piperidine rings is 1. The molecule has 0 radical (unpaired) electrons. The molecule has 2 unspecified atom stereocenters. The van der Waals surface area contributed by atoms with Gasteiger partial charge in [-0.1, -0.05) is 6.42 Å². The predicted octanol–water partition coefficient (Wildman–Crippen LogP) is 2.58. The van der Waals surface area contributed by atoms with Crippen LogP contribution < -0.4 is 0 Å². The predicted molar refractivity (Wildman–Crippen MR) is 67.0 cm³/mol. The summed E-state index contributed by atoms with van der Waals surface area (Å²) in [6.45, 7) is 2.46. The van der Waals surface area contributed by atoms with Crippen LogP contribution in [0.15, 0.2) is 0 Å². The Morgan fingerprint density at radius 3 is 2.74 bits per heavy atom. The second-order valence-electron chi connectivity index (χ2n) is 5.29. The summed E-state index contributed by atoms with van der Waals surface area (Å²) in [5.74, 6) is 0. The normalized spacial score (nSPS) is 23.5. The van der Waals surface area contributed by atoms with E-state index < -0.39 is 12.8 Å². The lowest BCUT2D eigenvalue weighted by Gasteiger charge is -2.36. The van der Waals surface area contributed by atoms with E-state index in [0.29, 0.717) is 12.5 Å². The Kier molecular flexibility index (Phi) is 7.10. The molecular weight excluding hydrogens is 259 g/mol. The van der Waals surface area contributed by atoms with Gasteiger partial charge in [-0.25, -0.2) is 0 Å². The summed E-state index contributed by atoms with van der Waals surface area (Å²) >= 11 is 0. The van der Waals surface area contributed by atoms with Crippen LogP contribution in [-0.2, 0) is 4.74 Å². The number of likely N-dealkylation sites (tertiary alicyclic amines) is 1. The molecule has 0 saturated carbocycles. The Balaban J connectivity index is 2.18. The van der Waals surface area contributed by atoms with Crippen molar-refractivity contribution in [2.24, 2.45) is 0 Å². The highest BCUT2D eigenvalue weighted by Gasteiger charge is 2.27. The van der Waals surface area contributed by atoms with Crippen LogP contribution in [0.25, 0.3) is 0 Å². The molecule has 1 saturated heterocycles. The molecule has 0 aromatic carbocycles. The van der Waals surface area contributed by atoms with Crippen LogP contribution in [0.3, 0.4) is 0 Å². The number of aliphatic hydroxyl groups excluding tert-OH is 1. The molecule has 0 bridgehead atoms. The zero-order valence-corrected chi connectivity index (χ0v) is 11.5. The van der Waals surface area contributed by atoms with E-state index in [1.54, 1.807) is 6.92 Å². The smallest absolute Gasteiger partial charge is 0.393 e. The summed E-state index contributed by atoms with van der Waals surface area (Å²) in [7, 11) is 0. The third kappa shape index (κ3) is 7.74. The number of hydrogen-bond acceptors (Lipinski definition) is 3. The van der Waals surface area contributed by atoms with Gasteiger partial charge in [0.15, 0.2) is 0 Å². The van der Waals surface area contributed by atoms with Crippen LogP contribution in [0.4, 0.5) is 13.2 Å². The zero-order valence-electron chi connectivity index (χ0n) is 11.5. The minimum absolute atomic E-state index is 0.136. The topological polar surface area (TPSA) is 32.7 Å². The molecule has 1 rings (SSSR count). The zero-order chi connectivity index (χ0) is 14.3. The van der Waals surface area contributed by atoms with Gasteiger partial charge in [0.1, 0.15) is 6.61 Å². The van der Waals surface area contributed by atoms with Gasteiger partial charge in [0.05, 0.1) is 6.10 Å². The number of nitrogens with zero attached hydrogens (tertiary/aromatic N) is 1. The summed E-state index contributed by atoms with van der Waals surface area (Å²) in [6, 6.07) is 0.358. The molecule has 0 spiro atoms. The van der Waals surface area contributed by atoms with Gasteiger partial charge in [-0.3, -0.25) is 0 Å². The van der Waals surface area contributed by atoms with Gasteiger partial charge in [-0.15, -0.1) is 0 Å². The molecule has 6 heteroatoms. The summed E-state index contributed by atoms with van der Waals surface area (Å²) in [5, 5.41) is 9.45. The molecule has 2 atom stereocenters. The monoisotopic (exact) mass is 283 g/mol. The van der Waals surface area contributed by atoms with E-state index in [4.69, 9.17) is 0 Å². The Labute approximate surface area is 112 Å². The van der Waals surface area contributed by atoms with E-state index in [-0.39, 0.29) is 12.7 Å². The van der Waals surface area contributed by atoms with Crippen LogP contribution in [0, 0.1) is 0 Å². The fourth-order valence-electron chi connectivity index (χ4n) is 2.57. The first-order chi connectivity index (χ1) is 8.88. The summed E-state index contributed by atoms with van der Waals surface area (Å²) in [4.78, 5) is 2.27. The number of aliphatic hydroxyl groups is 1. The van der Waals surface area contributed by atoms with Gasteiger partial charge in [0, 0.05) is 19.2 Å². The largest absolute Gasteiger partial charge is 0.411 e. The van der Waals surface area contributed by atoms with Gasteiger partial charge >= 0.3 is 6.18 Å². The average Bonchev–Trinajstić information content (AvgIpc) is 2.28. The molecule has 0 amide bonds. The lowest BCUT2D eigenvalue weighted by Crippen LogP contribution is -2.42. The quantitative estimate of drug-likeness (QED) is 0.729. The molecule has 0 aromatic heterocycles. The molecule has 1 aliphatic rings. The van der Waals surface area contributed by atoms with E-state index in [0.717, 1.165) is 32.4 Å². The molecule has 1 fully saturated rings. The van der Waals surface area contributed by atoms with Gasteiger partial charge in [-0.05, 0) is 39.2 Å². The van der Waals surface area contributed by atoms with Crippen molar-refractivity contribution in [1.29, 1.82) is 0 Å². The van der Waals surface area contributed by atoms with E-state index >= 15 is 0 Å². The van der Waals surface area contributed by atoms with Gasteiger partial charge in [-0.2, -0.15) is 13.2 Å². The fourth-order valence-corrected chi connectivity index (χ4v) is 2.57. The summed E-state index contributed by atoms with van der Waals surface area (Å²) < 4.78 is 40.2. The summed E-state index contributed by atoms with van der Waals surface area (Å²) in [5.41, 5.74) is 0. The third-order valence-corrected chi connectivity index (χ3v) is 3.36. The van der Waals surface area contributed by atoms with Crippen molar-refractivity contribution in [1.82, 2.24) is 4.90 Å². The van der Waals surface area contributed by atoms with Crippen molar-refractivity contribution in [3.05, 3.63) is 0 Å². The minimum Gasteiger partial charge on any atom is -0.393 e. The third-order valence-electron chi connectivity index (χ3n) is 3.36. The van der Waals surface area contributed by atoms with Crippen LogP contribution in [0.2, 0.25) is 0 Å². The van der Waals surface area contributed by atoms with Crippen LogP contribution in [0.1, 0.15) is 39.0 Å². The highest BCUT2D eigenvalue weighted by molar-refractivity contribution is 4.78. The molecule has 0 aromatic rings. The van der Waals surface area contributed by atoms with Gasteiger partial charge in [0.25, 0.3) is 0 Å². The van der Waals surface area contributed by atoms with Crippen molar-refractivity contribution < 1.29 is 23.0 Å². The van der Waals surface area contributed by atoms with Crippen molar-refractivity contribution in [3.63, 3.8) is 0 Å². The molecule has 1 heterocycles. The standard InChI is InChI=1S/C13H24F3NO2/c1-11(18)9-12-5-2-3-6-17(12)7-4-8-19-10-13(14,15)16/h11-12,18H,2-10H2,1H3. The van der Waals surface area contributed by atoms with Crippen LogP contribution in [0.5, 0.6) is 0 Å². The highest BCUT2D eigenvalue weighted by atomic mass is 19.4. The van der Waals surface area contributed by atoms with Crippen LogP contribution >= 0.6 is 0 Å². The number of halogens is 3. The summed E-state index contributed by atoms with van der Waals surface area (Å²) in [6.07, 6.45) is 0.134. The lowest BCUT2D eigenvalue weighted by atomic mass is 9.97. The average molecular weight is 283 g/mol. The highest BCUT2D eigenvalue weighted by Crippen LogP contribution is 2.21. The van der Waals surface area contributed by atoms with Gasteiger partial charge in [0.2, 0.25) is 0 Å². The molecule has 114 valence electrons. The maximum absolute atomic E-state index is 11.9. The Hall–Kier alpha value is -0.330. The molecule has 0 aliphatic carbocycles. The second-order valence-corrected chi connectivity index (χ2v) is 5.29. The molecule has 3 nitrogen and oxygen atoms in total. The number of alkyl halides is 3. The van der Waals surface area contributed by atoms with E-state index in [9.17, 15) is 18.3 Å². The second kappa shape index (κ2) is 8.07. The number of hydrogen-bond donors (Lipinski definition) is 1. The van der Waals surface area contributed by atoms with E-state index in [2.05, 4.69) is 9.64 Å². The van der Waals surface area contributed by atoms with Crippen molar-refractivity contribution in [2.75, 3.05) is 26.3 Å². The molecule has 1 N–H and O–H groups in total. The van der Waals surface area contributed by atoms with Gasteiger partial charge < -0.3 is 14.7 Å². The Morgan fingerprint density at radius 2 is 2.11 bits per heavy atom. The fraction of sp³-hybridized carbons (Fsp3) is 1.00. The van der Waals surface area contributed by atoms with Crippen molar-refractivity contribution in [3.8, 4) is 0 Å².